The minimum atomic E-state index is -0.0894. The summed E-state index contributed by atoms with van der Waals surface area (Å²) < 4.78 is 5.72. The Labute approximate surface area is 156 Å². The Hall–Kier alpha value is -1.31. The van der Waals surface area contributed by atoms with E-state index in [1.165, 1.54) is 38.5 Å². The van der Waals surface area contributed by atoms with Gasteiger partial charge in [0.1, 0.15) is 5.75 Å². The molecule has 1 aromatic rings. The fourth-order valence-corrected chi connectivity index (χ4v) is 2.94. The molecule has 0 aliphatic carbocycles. The molecule has 0 N–H and O–H groups in total. The maximum Gasteiger partial charge on any atom is 0.314 e. The van der Waals surface area contributed by atoms with Crippen LogP contribution >= 0.6 is 0 Å². The van der Waals surface area contributed by atoms with E-state index in [1.807, 2.05) is 19.9 Å². The molecule has 1 atom stereocenters. The Kier molecular flexibility index (Phi) is 12.3. The number of hydrogen-bond donors (Lipinski definition) is 0. The van der Waals surface area contributed by atoms with Crippen molar-refractivity contribution in [1.29, 1.82) is 0 Å². The van der Waals surface area contributed by atoms with Crippen LogP contribution in [0.1, 0.15) is 104 Å². The highest BCUT2D eigenvalue weighted by atomic mass is 16.5. The Morgan fingerprint density at radius 1 is 1.00 bits per heavy atom. The zero-order valence-electron chi connectivity index (χ0n) is 16.4. The Balaban J connectivity index is 0.00000576. The molecule has 2 nitrogen and oxygen atoms in total. The lowest BCUT2D eigenvalue weighted by atomic mass is 10.00. The predicted octanol–water partition coefficient (Wildman–Crippen LogP) is 7.44. The molecule has 144 valence electrons. The summed E-state index contributed by atoms with van der Waals surface area (Å²) in [5, 5.41) is 0. The number of esters is 1. The van der Waals surface area contributed by atoms with Gasteiger partial charge in [-0.15, -0.1) is 0 Å². The highest BCUT2D eigenvalue weighted by molar-refractivity contribution is 5.75. The first-order valence-electron chi connectivity index (χ1n) is 9.78. The summed E-state index contributed by atoms with van der Waals surface area (Å²) in [5.74, 6) is 0.975. The van der Waals surface area contributed by atoms with Crippen molar-refractivity contribution < 1.29 is 9.53 Å². The van der Waals surface area contributed by atoms with E-state index in [-0.39, 0.29) is 19.3 Å². The SMILES string of the molecule is C.CCCCCCCCCC(C)C(=O)Oc1cc(C)ccc1C(C)C. The predicted molar refractivity (Wildman–Crippen MR) is 109 cm³/mol. The van der Waals surface area contributed by atoms with Crippen LogP contribution in [0.3, 0.4) is 0 Å². The van der Waals surface area contributed by atoms with Gasteiger partial charge in [0.25, 0.3) is 0 Å². The largest absolute Gasteiger partial charge is 0.426 e. The minimum absolute atomic E-state index is 0. The van der Waals surface area contributed by atoms with E-state index < -0.39 is 0 Å². The molecule has 0 amide bonds. The molecule has 0 aromatic heterocycles. The fourth-order valence-electron chi connectivity index (χ4n) is 2.94. The standard InChI is InChI=1S/C22H36O2.CH4/c1-6-7-8-9-10-11-12-13-19(5)22(23)24-21-16-18(4)14-15-20(21)17(2)3;/h14-17,19H,6-13H2,1-5H3;1H4. The second kappa shape index (κ2) is 13.0. The van der Waals surface area contributed by atoms with Crippen LogP contribution in [0.2, 0.25) is 0 Å². The third-order valence-corrected chi connectivity index (χ3v) is 4.64. The van der Waals surface area contributed by atoms with Crippen LogP contribution in [-0.2, 0) is 4.79 Å². The average Bonchev–Trinajstić information content (AvgIpc) is 2.53. The van der Waals surface area contributed by atoms with Crippen molar-refractivity contribution in [3.8, 4) is 5.75 Å². The lowest BCUT2D eigenvalue weighted by Gasteiger charge is -2.16. The molecule has 1 unspecified atom stereocenters. The van der Waals surface area contributed by atoms with Gasteiger partial charge in [0, 0.05) is 0 Å². The van der Waals surface area contributed by atoms with Crippen LogP contribution in [0.4, 0.5) is 0 Å². The molecule has 0 bridgehead atoms. The molecule has 0 heterocycles. The van der Waals surface area contributed by atoms with Crippen LogP contribution in [0.15, 0.2) is 18.2 Å². The molecule has 0 saturated heterocycles. The quantitative estimate of drug-likeness (QED) is 0.236. The van der Waals surface area contributed by atoms with E-state index in [9.17, 15) is 4.79 Å². The van der Waals surface area contributed by atoms with Crippen molar-refractivity contribution in [2.24, 2.45) is 5.92 Å². The highest BCUT2D eigenvalue weighted by Gasteiger charge is 2.17. The second-order valence-corrected chi connectivity index (χ2v) is 7.43. The monoisotopic (exact) mass is 348 g/mol. The number of aryl methyl sites for hydroxylation is 1. The number of ether oxygens (including phenoxy) is 1. The summed E-state index contributed by atoms with van der Waals surface area (Å²) in [5.41, 5.74) is 2.24. The Bertz CT molecular complexity index is 491. The molecule has 0 saturated carbocycles. The van der Waals surface area contributed by atoms with Crippen LogP contribution < -0.4 is 4.74 Å². The van der Waals surface area contributed by atoms with Gasteiger partial charge in [0.05, 0.1) is 5.92 Å². The van der Waals surface area contributed by atoms with Crippen molar-refractivity contribution >= 4 is 5.97 Å². The molecular formula is C23H40O2. The summed E-state index contributed by atoms with van der Waals surface area (Å²) >= 11 is 0. The molecule has 0 fully saturated rings. The molecule has 25 heavy (non-hydrogen) atoms. The summed E-state index contributed by atoms with van der Waals surface area (Å²) in [6.45, 7) is 10.5. The second-order valence-electron chi connectivity index (χ2n) is 7.43. The fraction of sp³-hybridized carbons (Fsp3) is 0.696. The number of carbonyl (C=O) groups excluding carboxylic acids is 1. The normalized spacial score (nSPS) is 11.9. The number of rotatable bonds is 11. The zero-order valence-corrected chi connectivity index (χ0v) is 16.4. The van der Waals surface area contributed by atoms with E-state index in [0.29, 0.717) is 5.92 Å². The third-order valence-electron chi connectivity index (χ3n) is 4.64. The smallest absolute Gasteiger partial charge is 0.314 e. The molecule has 0 aliphatic rings. The van der Waals surface area contributed by atoms with Crippen LogP contribution in [0, 0.1) is 12.8 Å². The molecule has 0 radical (unpaired) electrons. The van der Waals surface area contributed by atoms with Crippen molar-refractivity contribution in [1.82, 2.24) is 0 Å². The van der Waals surface area contributed by atoms with Crippen molar-refractivity contribution in [3.05, 3.63) is 29.3 Å². The van der Waals surface area contributed by atoms with Gasteiger partial charge in [-0.2, -0.15) is 0 Å². The van der Waals surface area contributed by atoms with Crippen molar-refractivity contribution in [2.75, 3.05) is 0 Å². The maximum absolute atomic E-state index is 12.4. The topological polar surface area (TPSA) is 26.3 Å². The van der Waals surface area contributed by atoms with E-state index in [4.69, 9.17) is 4.74 Å². The van der Waals surface area contributed by atoms with E-state index >= 15 is 0 Å². The van der Waals surface area contributed by atoms with Gasteiger partial charge in [0.2, 0.25) is 0 Å². The minimum Gasteiger partial charge on any atom is -0.426 e. The number of hydrogen-bond acceptors (Lipinski definition) is 2. The van der Waals surface area contributed by atoms with E-state index in [0.717, 1.165) is 29.7 Å². The Morgan fingerprint density at radius 3 is 2.20 bits per heavy atom. The van der Waals surface area contributed by atoms with Crippen LogP contribution in [0.25, 0.3) is 0 Å². The summed E-state index contributed by atoms with van der Waals surface area (Å²) in [7, 11) is 0. The zero-order chi connectivity index (χ0) is 17.9. The van der Waals surface area contributed by atoms with E-state index in [1.54, 1.807) is 0 Å². The van der Waals surface area contributed by atoms with Gasteiger partial charge in [-0.25, -0.2) is 0 Å². The first kappa shape index (κ1) is 23.7. The summed E-state index contributed by atoms with van der Waals surface area (Å²) in [6.07, 6.45) is 9.87. The van der Waals surface area contributed by atoms with Gasteiger partial charge < -0.3 is 4.74 Å². The van der Waals surface area contributed by atoms with Crippen LogP contribution in [0.5, 0.6) is 5.75 Å². The van der Waals surface area contributed by atoms with Crippen LogP contribution in [-0.4, -0.2) is 5.97 Å². The first-order chi connectivity index (χ1) is 11.5. The summed E-state index contributed by atoms with van der Waals surface area (Å²) in [4.78, 5) is 12.4. The third kappa shape index (κ3) is 9.09. The van der Waals surface area contributed by atoms with Crippen molar-refractivity contribution in [3.63, 3.8) is 0 Å². The highest BCUT2D eigenvalue weighted by Crippen LogP contribution is 2.28. The van der Waals surface area contributed by atoms with Gasteiger partial charge in [-0.05, 0) is 36.5 Å². The number of benzene rings is 1. The molecule has 1 rings (SSSR count). The molecule has 0 spiro atoms. The van der Waals surface area contributed by atoms with Crippen molar-refractivity contribution in [2.45, 2.75) is 99.3 Å². The molecular weight excluding hydrogens is 308 g/mol. The maximum atomic E-state index is 12.4. The molecule has 2 heteroatoms. The summed E-state index contributed by atoms with van der Waals surface area (Å²) in [6, 6.07) is 6.13. The van der Waals surface area contributed by atoms with Gasteiger partial charge in [-0.3, -0.25) is 4.79 Å². The van der Waals surface area contributed by atoms with Gasteiger partial charge in [-0.1, -0.05) is 92.2 Å². The Morgan fingerprint density at radius 2 is 1.60 bits per heavy atom. The van der Waals surface area contributed by atoms with E-state index in [2.05, 4.69) is 32.9 Å². The molecule has 1 aromatic carbocycles. The molecule has 0 aliphatic heterocycles. The average molecular weight is 349 g/mol. The lowest BCUT2D eigenvalue weighted by Crippen LogP contribution is -2.18. The van der Waals surface area contributed by atoms with Gasteiger partial charge in [0.15, 0.2) is 0 Å². The number of carbonyl (C=O) groups is 1. The number of unbranched alkanes of at least 4 members (excludes halogenated alkanes) is 6. The first-order valence-corrected chi connectivity index (χ1v) is 9.78. The lowest BCUT2D eigenvalue weighted by molar-refractivity contribution is -0.138. The van der Waals surface area contributed by atoms with Gasteiger partial charge >= 0.3 is 5.97 Å².